The van der Waals surface area contributed by atoms with E-state index in [1.165, 1.54) is 0 Å². The predicted molar refractivity (Wildman–Crippen MR) is 163 cm³/mol. The van der Waals surface area contributed by atoms with E-state index in [1.807, 2.05) is 67.6 Å². The summed E-state index contributed by atoms with van der Waals surface area (Å²) in [6, 6.07) is 25.4. The molecule has 0 aromatic heterocycles. The van der Waals surface area contributed by atoms with Gasteiger partial charge in [0.15, 0.2) is 0 Å². The van der Waals surface area contributed by atoms with Crippen LogP contribution < -0.4 is 10.0 Å². The van der Waals surface area contributed by atoms with Crippen molar-refractivity contribution in [2.75, 3.05) is 19.8 Å². The third kappa shape index (κ3) is 9.79. The van der Waals surface area contributed by atoms with E-state index in [1.54, 1.807) is 29.2 Å². The second kappa shape index (κ2) is 15.6. The van der Waals surface area contributed by atoms with Crippen LogP contribution in [0, 0.1) is 0 Å². The topological polar surface area (TPSA) is 105 Å². The van der Waals surface area contributed by atoms with Gasteiger partial charge in [0.25, 0.3) is 0 Å². The van der Waals surface area contributed by atoms with Crippen molar-refractivity contribution in [3.05, 3.63) is 102 Å². The smallest absolute Gasteiger partial charge is 0.243 e. The first kappa shape index (κ1) is 31.4. The number of carbonyl (C=O) groups is 2. The number of benzene rings is 3. The molecule has 0 aliphatic heterocycles. The summed E-state index contributed by atoms with van der Waals surface area (Å²) in [6.07, 6.45) is 3.42. The van der Waals surface area contributed by atoms with Gasteiger partial charge in [-0.25, -0.2) is 13.1 Å². The van der Waals surface area contributed by atoms with Crippen LogP contribution in [0.25, 0.3) is 0 Å². The lowest BCUT2D eigenvalue weighted by molar-refractivity contribution is -0.141. The third-order valence-electron chi connectivity index (χ3n) is 7.20. The maximum absolute atomic E-state index is 13.8. The molecular weight excluding hydrogens is 550 g/mol. The molecule has 1 fully saturated rings. The average Bonchev–Trinajstić information content (AvgIpc) is 3.82. The fourth-order valence-electron chi connectivity index (χ4n) is 4.70. The van der Waals surface area contributed by atoms with E-state index in [4.69, 9.17) is 4.74 Å². The Morgan fingerprint density at radius 2 is 1.55 bits per heavy atom. The maximum atomic E-state index is 13.8. The lowest BCUT2D eigenvalue weighted by atomic mass is 10.0. The van der Waals surface area contributed by atoms with E-state index in [0.29, 0.717) is 45.6 Å². The van der Waals surface area contributed by atoms with Crippen molar-refractivity contribution in [1.82, 2.24) is 14.9 Å². The highest BCUT2D eigenvalue weighted by molar-refractivity contribution is 7.89. The fourth-order valence-corrected chi connectivity index (χ4v) is 6.01. The van der Waals surface area contributed by atoms with Crippen molar-refractivity contribution < 1.29 is 22.7 Å². The zero-order valence-corrected chi connectivity index (χ0v) is 25.0. The Morgan fingerprint density at radius 1 is 0.905 bits per heavy atom. The van der Waals surface area contributed by atoms with Crippen molar-refractivity contribution in [2.45, 2.75) is 69.0 Å². The van der Waals surface area contributed by atoms with E-state index in [0.717, 1.165) is 29.5 Å². The molecule has 1 atom stereocenters. The summed E-state index contributed by atoms with van der Waals surface area (Å²) in [5.74, 6) is -0.339. The third-order valence-corrected chi connectivity index (χ3v) is 8.73. The first-order chi connectivity index (χ1) is 20.4. The highest BCUT2D eigenvalue weighted by atomic mass is 32.2. The van der Waals surface area contributed by atoms with Crippen LogP contribution in [0.5, 0.6) is 0 Å². The van der Waals surface area contributed by atoms with Gasteiger partial charge in [0, 0.05) is 45.2 Å². The molecule has 2 amide bonds. The van der Waals surface area contributed by atoms with Gasteiger partial charge in [-0.3, -0.25) is 9.59 Å². The van der Waals surface area contributed by atoms with E-state index < -0.39 is 16.1 Å². The summed E-state index contributed by atoms with van der Waals surface area (Å²) in [7, 11) is -3.53. The van der Waals surface area contributed by atoms with Gasteiger partial charge in [-0.05, 0) is 61.4 Å². The predicted octanol–water partition coefficient (Wildman–Crippen LogP) is 4.24. The molecule has 1 saturated carbocycles. The highest BCUT2D eigenvalue weighted by Gasteiger charge is 2.30. The van der Waals surface area contributed by atoms with Crippen molar-refractivity contribution in [2.24, 2.45) is 0 Å². The SMILES string of the molecule is CCOCCCNC(=O)[C@@H](Cc1ccccc1)N(Cc1ccccc1)C(=O)CCc1ccc(S(=O)(=O)NC2CC2)cc1. The van der Waals surface area contributed by atoms with Crippen LogP contribution in [0.1, 0.15) is 49.3 Å². The summed E-state index contributed by atoms with van der Waals surface area (Å²) in [6.45, 7) is 3.88. The minimum Gasteiger partial charge on any atom is -0.382 e. The van der Waals surface area contributed by atoms with Gasteiger partial charge >= 0.3 is 0 Å². The quantitative estimate of drug-likeness (QED) is 0.229. The Bertz CT molecular complexity index is 1380. The van der Waals surface area contributed by atoms with Crippen LogP contribution in [-0.2, 0) is 43.7 Å². The van der Waals surface area contributed by atoms with Gasteiger partial charge in [0.05, 0.1) is 4.90 Å². The van der Waals surface area contributed by atoms with Gasteiger partial charge in [-0.1, -0.05) is 72.8 Å². The maximum Gasteiger partial charge on any atom is 0.243 e. The van der Waals surface area contributed by atoms with Gasteiger partial charge < -0.3 is 15.0 Å². The number of carbonyl (C=O) groups excluding carboxylic acids is 2. The second-order valence-electron chi connectivity index (χ2n) is 10.6. The number of ether oxygens (including phenoxy) is 1. The van der Waals surface area contributed by atoms with Crippen LogP contribution in [-0.4, -0.2) is 57.0 Å². The molecule has 0 unspecified atom stereocenters. The number of sulfonamides is 1. The Balaban J connectivity index is 1.50. The van der Waals surface area contributed by atoms with Crippen molar-refractivity contribution in [3.63, 3.8) is 0 Å². The number of rotatable bonds is 17. The number of amides is 2. The average molecular weight is 592 g/mol. The fraction of sp³-hybridized carbons (Fsp3) is 0.394. The summed E-state index contributed by atoms with van der Waals surface area (Å²) < 4.78 is 33.1. The molecule has 0 bridgehead atoms. The minimum atomic E-state index is -3.53. The molecule has 0 saturated heterocycles. The zero-order valence-electron chi connectivity index (χ0n) is 24.2. The molecule has 42 heavy (non-hydrogen) atoms. The largest absolute Gasteiger partial charge is 0.382 e. The number of hydrogen-bond acceptors (Lipinski definition) is 5. The van der Waals surface area contributed by atoms with E-state index in [-0.39, 0.29) is 29.2 Å². The van der Waals surface area contributed by atoms with Crippen molar-refractivity contribution in [3.8, 4) is 0 Å². The molecule has 2 N–H and O–H groups in total. The van der Waals surface area contributed by atoms with Crippen LogP contribution in [0.2, 0.25) is 0 Å². The number of nitrogens with one attached hydrogen (secondary N) is 2. The molecule has 1 aliphatic rings. The summed E-state index contributed by atoms with van der Waals surface area (Å²) in [5.41, 5.74) is 2.76. The van der Waals surface area contributed by atoms with Gasteiger partial charge in [0.2, 0.25) is 21.8 Å². The van der Waals surface area contributed by atoms with E-state index >= 15 is 0 Å². The summed E-state index contributed by atoms with van der Waals surface area (Å²) in [5, 5.41) is 3.02. The van der Waals surface area contributed by atoms with Crippen LogP contribution in [0.15, 0.2) is 89.8 Å². The monoisotopic (exact) mass is 591 g/mol. The lowest BCUT2D eigenvalue weighted by Crippen LogP contribution is -2.50. The first-order valence-electron chi connectivity index (χ1n) is 14.7. The molecule has 1 aliphatic carbocycles. The molecule has 0 heterocycles. The zero-order chi connectivity index (χ0) is 29.8. The Hall–Kier alpha value is -3.53. The van der Waals surface area contributed by atoms with Crippen LogP contribution in [0.4, 0.5) is 0 Å². The van der Waals surface area contributed by atoms with Gasteiger partial charge in [-0.2, -0.15) is 0 Å². The molecule has 8 nitrogen and oxygen atoms in total. The van der Waals surface area contributed by atoms with E-state index in [2.05, 4.69) is 10.0 Å². The summed E-state index contributed by atoms with van der Waals surface area (Å²) in [4.78, 5) is 29.3. The Labute approximate surface area is 249 Å². The highest BCUT2D eigenvalue weighted by Crippen LogP contribution is 2.23. The van der Waals surface area contributed by atoms with Crippen LogP contribution in [0.3, 0.4) is 0 Å². The summed E-state index contributed by atoms with van der Waals surface area (Å²) >= 11 is 0. The number of hydrogen-bond donors (Lipinski definition) is 2. The Morgan fingerprint density at radius 3 is 2.17 bits per heavy atom. The molecule has 0 spiro atoms. The molecule has 4 rings (SSSR count). The van der Waals surface area contributed by atoms with Gasteiger partial charge in [-0.15, -0.1) is 0 Å². The Kier molecular flexibility index (Phi) is 11.7. The minimum absolute atomic E-state index is 0.0357. The second-order valence-corrected chi connectivity index (χ2v) is 12.3. The van der Waals surface area contributed by atoms with E-state index in [9.17, 15) is 18.0 Å². The molecular formula is C33H41N3O5S. The molecule has 3 aromatic rings. The first-order valence-corrected chi connectivity index (χ1v) is 16.2. The normalized spacial score (nSPS) is 13.8. The standard InChI is InChI=1S/C33H41N3O5S/c1-2-41-23-9-22-34-33(38)31(24-27-10-5-3-6-11-27)36(25-28-12-7-4-8-13-28)32(37)21-16-26-14-19-30(20-15-26)42(39,40)35-29-17-18-29/h3-8,10-15,19-20,29,31,35H,2,9,16-18,21-25H2,1H3,(H,34,38)/t31-/m1/s1. The van der Waals surface area contributed by atoms with Crippen molar-refractivity contribution in [1.29, 1.82) is 0 Å². The van der Waals surface area contributed by atoms with Crippen LogP contribution >= 0.6 is 0 Å². The lowest BCUT2D eigenvalue weighted by Gasteiger charge is -2.31. The molecule has 3 aromatic carbocycles. The molecule has 0 radical (unpaired) electrons. The van der Waals surface area contributed by atoms with Gasteiger partial charge in [0.1, 0.15) is 6.04 Å². The molecule has 9 heteroatoms. The number of aryl methyl sites for hydroxylation is 1. The number of nitrogens with zero attached hydrogens (tertiary/aromatic N) is 1. The van der Waals surface area contributed by atoms with Crippen molar-refractivity contribution >= 4 is 21.8 Å². The molecule has 224 valence electrons.